The van der Waals surface area contributed by atoms with Crippen molar-refractivity contribution in [3.05, 3.63) is 101 Å². The number of carbonyl (C=O) groups excluding carboxylic acids is 3. The number of ether oxygens (including phenoxy) is 1. The van der Waals surface area contributed by atoms with Crippen LogP contribution in [0.4, 0.5) is 38.8 Å². The van der Waals surface area contributed by atoms with E-state index in [0.717, 1.165) is 49.9 Å². The highest BCUT2D eigenvalue weighted by Gasteiger charge is 2.31. The molecular formula is C40H39FN12O5. The average Bonchev–Trinajstić information content (AvgIpc) is 3.49. The van der Waals surface area contributed by atoms with E-state index in [1.54, 1.807) is 42.1 Å². The molecule has 2 aliphatic rings. The third-order valence-electron chi connectivity index (χ3n) is 10.3. The Hall–Kier alpha value is -7.37. The van der Waals surface area contributed by atoms with Crippen LogP contribution in [0.25, 0.3) is 22.4 Å². The molecule has 0 spiro atoms. The van der Waals surface area contributed by atoms with Crippen molar-refractivity contribution in [1.82, 2.24) is 39.7 Å². The normalized spacial score (nSPS) is 15.6. The van der Waals surface area contributed by atoms with Crippen LogP contribution >= 0.6 is 0 Å². The predicted octanol–water partition coefficient (Wildman–Crippen LogP) is 3.89. The standard InChI is InChI=1S/C40H39FN12O5/c1-42-38(55)27-22-44-34(18-29(27)47-28-6-4-5-26(36(28)58-3)37-45-19-23(41)20-46-37)48-33-11-8-25(21-43-33)52-15-13-51(14-16-52)24-7-9-30-32(17-24)50(2)40(57)53(30)31-10-12-35(54)49-39(31)56/h4-9,11,17-22,31H,10,12-16H2,1-3H3,(H,42,55)(H,49,54,56)(H2,43,44,47,48). The molecule has 3 amide bonds. The molecule has 0 aliphatic carbocycles. The van der Waals surface area contributed by atoms with Crippen LogP contribution in [0.1, 0.15) is 29.2 Å². The van der Waals surface area contributed by atoms with Crippen molar-refractivity contribution in [2.24, 2.45) is 7.05 Å². The first-order valence-electron chi connectivity index (χ1n) is 18.5. The number of hydrogen-bond acceptors (Lipinski definition) is 13. The quantitative estimate of drug-likeness (QED) is 0.146. The van der Waals surface area contributed by atoms with Crippen LogP contribution in [-0.2, 0) is 16.6 Å². The summed E-state index contributed by atoms with van der Waals surface area (Å²) in [6.45, 7) is 2.93. The van der Waals surface area contributed by atoms with Crippen molar-refractivity contribution in [1.29, 1.82) is 0 Å². The fourth-order valence-corrected chi connectivity index (χ4v) is 7.35. The molecule has 296 valence electrons. The Morgan fingerprint density at radius 3 is 2.24 bits per heavy atom. The van der Waals surface area contributed by atoms with Gasteiger partial charge in [-0.25, -0.2) is 29.1 Å². The van der Waals surface area contributed by atoms with Gasteiger partial charge in [0.2, 0.25) is 11.8 Å². The SMILES string of the molecule is CNC(=O)c1cnc(Nc2ccc(N3CCN(c4ccc5c(c4)n(C)c(=O)n5C4CCC(=O)NC4=O)CC3)cn2)cc1Nc1cccc(-c2ncc(F)cn2)c1OC. The number of anilines is 6. The molecule has 2 aromatic carbocycles. The van der Waals surface area contributed by atoms with Crippen LogP contribution in [0.5, 0.6) is 5.75 Å². The van der Waals surface area contributed by atoms with Crippen molar-refractivity contribution in [3.8, 4) is 17.1 Å². The highest BCUT2D eigenvalue weighted by molar-refractivity contribution is 6.01. The molecule has 2 aliphatic heterocycles. The maximum absolute atomic E-state index is 13.5. The summed E-state index contributed by atoms with van der Waals surface area (Å²) in [7, 11) is 4.73. The number of nitrogens with zero attached hydrogens (tertiary/aromatic N) is 8. The van der Waals surface area contributed by atoms with E-state index in [1.807, 2.05) is 30.3 Å². The van der Waals surface area contributed by atoms with Crippen LogP contribution in [0.3, 0.4) is 0 Å². The Morgan fingerprint density at radius 1 is 0.828 bits per heavy atom. The fraction of sp³-hybridized carbons (Fsp3) is 0.250. The number of rotatable bonds is 10. The molecule has 4 N–H and O–H groups in total. The lowest BCUT2D eigenvalue weighted by atomic mass is 10.1. The minimum atomic E-state index is -0.732. The Morgan fingerprint density at radius 2 is 1.55 bits per heavy atom. The molecule has 6 aromatic rings. The summed E-state index contributed by atoms with van der Waals surface area (Å²) >= 11 is 0. The first kappa shape index (κ1) is 37.5. The minimum absolute atomic E-state index is 0.187. The Bertz CT molecular complexity index is 2600. The molecule has 1 atom stereocenters. The van der Waals surface area contributed by atoms with Gasteiger partial charge in [-0.1, -0.05) is 6.07 Å². The van der Waals surface area contributed by atoms with Crippen LogP contribution in [0.2, 0.25) is 0 Å². The second kappa shape index (κ2) is 15.6. The lowest BCUT2D eigenvalue weighted by Gasteiger charge is -2.37. The average molecular weight is 787 g/mol. The third-order valence-corrected chi connectivity index (χ3v) is 10.3. The number of piperazine rings is 1. The topological polar surface area (TPSA) is 194 Å². The molecule has 0 saturated carbocycles. The second-order valence-electron chi connectivity index (χ2n) is 13.8. The van der Waals surface area contributed by atoms with E-state index in [4.69, 9.17) is 4.74 Å². The number of hydrogen-bond donors (Lipinski definition) is 4. The maximum Gasteiger partial charge on any atom is 0.329 e. The van der Waals surface area contributed by atoms with Crippen LogP contribution in [0, 0.1) is 5.82 Å². The van der Waals surface area contributed by atoms with Gasteiger partial charge in [0, 0.05) is 64.6 Å². The van der Waals surface area contributed by atoms with Gasteiger partial charge in [0.25, 0.3) is 5.91 Å². The number of amides is 3. The zero-order valence-corrected chi connectivity index (χ0v) is 31.8. The number of aryl methyl sites for hydroxylation is 1. The maximum atomic E-state index is 13.5. The zero-order valence-electron chi connectivity index (χ0n) is 31.8. The summed E-state index contributed by atoms with van der Waals surface area (Å²) in [6.07, 6.45) is 5.88. The zero-order chi connectivity index (χ0) is 40.5. The largest absolute Gasteiger partial charge is 0.494 e. The first-order valence-corrected chi connectivity index (χ1v) is 18.5. The number of para-hydroxylation sites is 1. The first-order chi connectivity index (χ1) is 28.1. The molecule has 18 heteroatoms. The van der Waals surface area contributed by atoms with Gasteiger partial charge in [0.1, 0.15) is 17.7 Å². The molecule has 8 rings (SSSR count). The van der Waals surface area contributed by atoms with Gasteiger partial charge in [-0.3, -0.25) is 28.8 Å². The van der Waals surface area contributed by atoms with Crippen LogP contribution in [0.15, 0.2) is 84.2 Å². The van der Waals surface area contributed by atoms with Crippen LogP contribution in [-0.4, -0.2) is 87.1 Å². The molecular weight excluding hydrogens is 748 g/mol. The lowest BCUT2D eigenvalue weighted by Crippen LogP contribution is -2.46. The van der Waals surface area contributed by atoms with Gasteiger partial charge in [0.05, 0.1) is 64.9 Å². The number of fused-ring (bicyclic) bond motifs is 1. The Kier molecular flexibility index (Phi) is 10.1. The Balaban J connectivity index is 0.947. The van der Waals surface area contributed by atoms with Gasteiger partial charge in [0.15, 0.2) is 17.4 Å². The van der Waals surface area contributed by atoms with E-state index in [0.29, 0.717) is 45.4 Å². The monoisotopic (exact) mass is 786 g/mol. The smallest absolute Gasteiger partial charge is 0.329 e. The lowest BCUT2D eigenvalue weighted by molar-refractivity contribution is -0.135. The number of nitrogens with one attached hydrogen (secondary N) is 4. The molecule has 0 radical (unpaired) electrons. The number of aromatic nitrogens is 6. The number of carbonyl (C=O) groups is 3. The fourth-order valence-electron chi connectivity index (χ4n) is 7.35. The van der Waals surface area contributed by atoms with Crippen molar-refractivity contribution >= 4 is 63.1 Å². The highest BCUT2D eigenvalue weighted by Crippen LogP contribution is 2.37. The van der Waals surface area contributed by atoms with E-state index in [2.05, 4.69) is 51.0 Å². The summed E-state index contributed by atoms with van der Waals surface area (Å²) in [5.74, 6) is -0.0415. The minimum Gasteiger partial charge on any atom is -0.494 e. The number of pyridine rings is 2. The van der Waals surface area contributed by atoms with E-state index >= 15 is 0 Å². The summed E-state index contributed by atoms with van der Waals surface area (Å²) in [5, 5.41) is 11.5. The number of imide groups is 1. The molecule has 1 unspecified atom stereocenters. The van der Waals surface area contributed by atoms with Gasteiger partial charge < -0.3 is 30.5 Å². The molecule has 2 fully saturated rings. The van der Waals surface area contributed by atoms with Crippen LogP contribution < -0.4 is 41.5 Å². The number of benzene rings is 2. The molecule has 17 nitrogen and oxygen atoms in total. The van der Waals surface area contributed by atoms with Gasteiger partial charge >= 0.3 is 5.69 Å². The second-order valence-corrected chi connectivity index (χ2v) is 13.8. The van der Waals surface area contributed by atoms with E-state index in [1.165, 1.54) is 24.9 Å². The van der Waals surface area contributed by atoms with E-state index in [-0.39, 0.29) is 41.7 Å². The van der Waals surface area contributed by atoms with Crippen molar-refractivity contribution in [2.45, 2.75) is 18.9 Å². The summed E-state index contributed by atoms with van der Waals surface area (Å²) < 4.78 is 22.3. The molecule has 6 heterocycles. The Labute approximate surface area is 330 Å². The number of methoxy groups -OCH3 is 1. The predicted molar refractivity (Wildman–Crippen MR) is 215 cm³/mol. The third kappa shape index (κ3) is 7.22. The number of imidazole rings is 1. The number of halogens is 1. The summed E-state index contributed by atoms with van der Waals surface area (Å²) in [4.78, 5) is 72.2. The van der Waals surface area contributed by atoms with Crippen molar-refractivity contribution in [2.75, 3.05) is 60.8 Å². The van der Waals surface area contributed by atoms with Gasteiger partial charge in [-0.15, -0.1) is 0 Å². The molecule has 2 saturated heterocycles. The van der Waals surface area contributed by atoms with Crippen molar-refractivity contribution in [3.63, 3.8) is 0 Å². The summed E-state index contributed by atoms with van der Waals surface area (Å²) in [6, 6.07) is 15.9. The number of piperidine rings is 1. The highest BCUT2D eigenvalue weighted by atomic mass is 19.1. The van der Waals surface area contributed by atoms with E-state index < -0.39 is 17.8 Å². The molecule has 4 aromatic heterocycles. The molecule has 0 bridgehead atoms. The van der Waals surface area contributed by atoms with E-state index in [9.17, 15) is 23.6 Å². The van der Waals surface area contributed by atoms with Gasteiger partial charge in [-0.05, 0) is 48.9 Å². The van der Waals surface area contributed by atoms with Gasteiger partial charge in [-0.2, -0.15) is 0 Å². The molecule has 58 heavy (non-hydrogen) atoms. The van der Waals surface area contributed by atoms with Crippen molar-refractivity contribution < 1.29 is 23.5 Å². The summed E-state index contributed by atoms with van der Waals surface area (Å²) in [5.41, 5.74) is 4.77.